The lowest BCUT2D eigenvalue weighted by Crippen LogP contribution is -2.12. The fourth-order valence-electron chi connectivity index (χ4n) is 1.78. The van der Waals surface area contributed by atoms with Crippen molar-refractivity contribution in [3.05, 3.63) is 24.0 Å². The van der Waals surface area contributed by atoms with Gasteiger partial charge in [0.05, 0.1) is 12.3 Å². The molecule has 0 saturated heterocycles. The molecule has 0 radical (unpaired) electrons. The molecular formula is C14H22FNO. The summed E-state index contributed by atoms with van der Waals surface area (Å²) in [5.41, 5.74) is 6.05. The van der Waals surface area contributed by atoms with Crippen molar-refractivity contribution in [3.8, 4) is 5.75 Å². The number of hydrogen-bond acceptors (Lipinski definition) is 2. The molecule has 0 bridgehead atoms. The Labute approximate surface area is 103 Å². The molecule has 0 fully saturated rings. The van der Waals surface area contributed by atoms with Gasteiger partial charge in [0.25, 0.3) is 0 Å². The molecular weight excluding hydrogens is 217 g/mol. The molecule has 0 spiro atoms. The Morgan fingerprint density at radius 2 is 2.12 bits per heavy atom. The fraction of sp³-hybridized carbons (Fsp3) is 0.571. The Morgan fingerprint density at radius 3 is 2.71 bits per heavy atom. The highest BCUT2D eigenvalue weighted by atomic mass is 19.1. The molecule has 0 aliphatic rings. The summed E-state index contributed by atoms with van der Waals surface area (Å²) in [7, 11) is 0. The lowest BCUT2D eigenvalue weighted by Gasteiger charge is -2.16. The maximum atomic E-state index is 13.5. The zero-order valence-corrected chi connectivity index (χ0v) is 10.7. The summed E-state index contributed by atoms with van der Waals surface area (Å²) in [6.45, 7) is 4.85. The van der Waals surface area contributed by atoms with Crippen molar-refractivity contribution in [1.29, 1.82) is 0 Å². The molecule has 0 aromatic heterocycles. The van der Waals surface area contributed by atoms with Crippen molar-refractivity contribution >= 4 is 5.69 Å². The van der Waals surface area contributed by atoms with Crippen molar-refractivity contribution in [2.75, 3.05) is 12.3 Å². The number of nitrogen functional groups attached to an aromatic ring is 1. The average Bonchev–Trinajstić information content (AvgIpc) is 2.32. The van der Waals surface area contributed by atoms with Crippen LogP contribution in [0.5, 0.6) is 5.75 Å². The number of nitrogens with two attached hydrogens (primary N) is 1. The molecule has 96 valence electrons. The standard InChI is InChI=1S/C14H22FNO/c1-3-5-7-11(4-2)10-17-14-12(15)8-6-9-13(14)16/h6,8-9,11H,3-5,7,10,16H2,1-2H3. The number of benzene rings is 1. The van der Waals surface area contributed by atoms with Crippen LogP contribution < -0.4 is 10.5 Å². The second-order valence-electron chi connectivity index (χ2n) is 4.39. The molecule has 1 rings (SSSR count). The Kier molecular flexibility index (Phi) is 5.81. The van der Waals surface area contributed by atoms with E-state index in [1.807, 2.05) is 0 Å². The van der Waals surface area contributed by atoms with E-state index in [2.05, 4.69) is 13.8 Å². The van der Waals surface area contributed by atoms with Crippen LogP contribution in [0.3, 0.4) is 0 Å². The van der Waals surface area contributed by atoms with Crippen LogP contribution in [0, 0.1) is 11.7 Å². The summed E-state index contributed by atoms with van der Waals surface area (Å²) in [6.07, 6.45) is 4.54. The van der Waals surface area contributed by atoms with Crippen molar-refractivity contribution in [2.24, 2.45) is 5.92 Å². The quantitative estimate of drug-likeness (QED) is 0.730. The number of anilines is 1. The second-order valence-corrected chi connectivity index (χ2v) is 4.39. The molecule has 0 heterocycles. The van der Waals surface area contributed by atoms with Crippen molar-refractivity contribution in [2.45, 2.75) is 39.5 Å². The topological polar surface area (TPSA) is 35.2 Å². The monoisotopic (exact) mass is 239 g/mol. The maximum absolute atomic E-state index is 13.5. The molecule has 2 nitrogen and oxygen atoms in total. The molecule has 0 aliphatic carbocycles. The summed E-state index contributed by atoms with van der Waals surface area (Å²) < 4.78 is 19.0. The van der Waals surface area contributed by atoms with Gasteiger partial charge in [-0.05, 0) is 24.5 Å². The van der Waals surface area contributed by atoms with E-state index < -0.39 is 0 Å². The van der Waals surface area contributed by atoms with E-state index in [0.29, 0.717) is 18.2 Å². The Hall–Kier alpha value is -1.25. The predicted octanol–water partition coefficient (Wildman–Crippen LogP) is 4.00. The fourth-order valence-corrected chi connectivity index (χ4v) is 1.78. The zero-order chi connectivity index (χ0) is 12.7. The van der Waals surface area contributed by atoms with Gasteiger partial charge in [-0.25, -0.2) is 4.39 Å². The molecule has 0 amide bonds. The van der Waals surface area contributed by atoms with Crippen LogP contribution in [0.1, 0.15) is 39.5 Å². The van der Waals surface area contributed by atoms with Gasteiger partial charge in [-0.2, -0.15) is 0 Å². The molecule has 3 heteroatoms. The molecule has 17 heavy (non-hydrogen) atoms. The number of para-hydroxylation sites is 1. The first kappa shape index (κ1) is 13.8. The minimum absolute atomic E-state index is 0.197. The van der Waals surface area contributed by atoms with Gasteiger partial charge < -0.3 is 10.5 Å². The first-order valence-electron chi connectivity index (χ1n) is 6.35. The molecule has 1 aromatic rings. The number of ether oxygens (including phenoxy) is 1. The van der Waals surface area contributed by atoms with Crippen LogP contribution in [0.25, 0.3) is 0 Å². The number of halogens is 1. The van der Waals surface area contributed by atoms with E-state index >= 15 is 0 Å². The van der Waals surface area contributed by atoms with Crippen LogP contribution in [-0.2, 0) is 0 Å². The molecule has 1 atom stereocenters. The molecule has 1 aromatic carbocycles. The van der Waals surface area contributed by atoms with E-state index in [1.165, 1.54) is 18.9 Å². The van der Waals surface area contributed by atoms with Crippen LogP contribution in [0.15, 0.2) is 18.2 Å². The van der Waals surface area contributed by atoms with Gasteiger partial charge in [-0.15, -0.1) is 0 Å². The summed E-state index contributed by atoms with van der Waals surface area (Å²) in [5.74, 6) is 0.298. The average molecular weight is 239 g/mol. The van der Waals surface area contributed by atoms with Gasteiger partial charge in [-0.3, -0.25) is 0 Å². The van der Waals surface area contributed by atoms with Gasteiger partial charge in [0.1, 0.15) is 0 Å². The molecule has 0 aliphatic heterocycles. The van der Waals surface area contributed by atoms with E-state index in [-0.39, 0.29) is 11.6 Å². The van der Waals surface area contributed by atoms with Crippen molar-refractivity contribution in [1.82, 2.24) is 0 Å². The van der Waals surface area contributed by atoms with Gasteiger partial charge >= 0.3 is 0 Å². The third-order valence-corrected chi connectivity index (χ3v) is 3.00. The van der Waals surface area contributed by atoms with Gasteiger partial charge in [0.2, 0.25) is 0 Å². The highest BCUT2D eigenvalue weighted by Gasteiger charge is 2.11. The van der Waals surface area contributed by atoms with E-state index in [4.69, 9.17) is 10.5 Å². The SMILES string of the molecule is CCCCC(CC)COc1c(N)cccc1F. The molecule has 2 N–H and O–H groups in total. The number of hydrogen-bond donors (Lipinski definition) is 1. The molecule has 0 saturated carbocycles. The summed E-state index contributed by atoms with van der Waals surface area (Å²) >= 11 is 0. The Balaban J connectivity index is 2.53. The Bertz CT molecular complexity index is 321. The van der Waals surface area contributed by atoms with Crippen LogP contribution in [0.2, 0.25) is 0 Å². The Morgan fingerprint density at radius 1 is 1.35 bits per heavy atom. The highest BCUT2D eigenvalue weighted by molar-refractivity contribution is 5.52. The number of rotatable bonds is 7. The van der Waals surface area contributed by atoms with Gasteiger partial charge in [0.15, 0.2) is 11.6 Å². The first-order chi connectivity index (χ1) is 8.19. The zero-order valence-electron chi connectivity index (χ0n) is 10.7. The van der Waals surface area contributed by atoms with E-state index in [0.717, 1.165) is 12.8 Å². The van der Waals surface area contributed by atoms with Crippen LogP contribution in [0.4, 0.5) is 10.1 Å². The summed E-state index contributed by atoms with van der Waals surface area (Å²) in [6, 6.07) is 4.62. The van der Waals surface area contributed by atoms with Crippen molar-refractivity contribution < 1.29 is 9.13 Å². The lowest BCUT2D eigenvalue weighted by molar-refractivity contribution is 0.226. The van der Waals surface area contributed by atoms with Gasteiger partial charge in [-0.1, -0.05) is 39.2 Å². The van der Waals surface area contributed by atoms with Gasteiger partial charge in [0, 0.05) is 0 Å². The smallest absolute Gasteiger partial charge is 0.177 e. The third-order valence-electron chi connectivity index (χ3n) is 3.00. The highest BCUT2D eigenvalue weighted by Crippen LogP contribution is 2.26. The minimum atomic E-state index is -0.379. The lowest BCUT2D eigenvalue weighted by atomic mass is 10.0. The van der Waals surface area contributed by atoms with E-state index in [9.17, 15) is 4.39 Å². The minimum Gasteiger partial charge on any atom is -0.488 e. The maximum Gasteiger partial charge on any atom is 0.177 e. The first-order valence-corrected chi connectivity index (χ1v) is 6.35. The second kappa shape index (κ2) is 7.15. The van der Waals surface area contributed by atoms with Crippen LogP contribution >= 0.6 is 0 Å². The normalized spacial score (nSPS) is 12.4. The predicted molar refractivity (Wildman–Crippen MR) is 69.6 cm³/mol. The largest absolute Gasteiger partial charge is 0.488 e. The summed E-state index contributed by atoms with van der Waals surface area (Å²) in [4.78, 5) is 0. The van der Waals surface area contributed by atoms with E-state index in [1.54, 1.807) is 12.1 Å². The van der Waals surface area contributed by atoms with Crippen LogP contribution in [-0.4, -0.2) is 6.61 Å². The molecule has 1 unspecified atom stereocenters. The third kappa shape index (κ3) is 4.25. The van der Waals surface area contributed by atoms with Crippen molar-refractivity contribution in [3.63, 3.8) is 0 Å². The summed E-state index contributed by atoms with van der Waals surface area (Å²) in [5, 5.41) is 0. The number of unbranched alkanes of at least 4 members (excludes halogenated alkanes) is 1.